The Kier molecular flexibility index (Phi) is 4.59. The molecule has 0 aliphatic carbocycles. The molecule has 0 aliphatic heterocycles. The zero-order valence-corrected chi connectivity index (χ0v) is 12.4. The fraction of sp³-hybridized carbons (Fsp3) is 0.0714. The van der Waals surface area contributed by atoms with E-state index in [2.05, 4.69) is 0 Å². The summed E-state index contributed by atoms with van der Waals surface area (Å²) < 4.78 is 26.1. The van der Waals surface area contributed by atoms with Crippen LogP contribution < -0.4 is 11.5 Å². The lowest BCUT2D eigenvalue weighted by Crippen LogP contribution is -2.11. The van der Waals surface area contributed by atoms with Crippen molar-refractivity contribution in [2.75, 3.05) is 5.73 Å². The molecular formula is C14H12ClFN2O2S. The fourth-order valence-corrected chi connectivity index (χ4v) is 3.33. The Balaban J connectivity index is 2.27. The molecule has 2 aromatic carbocycles. The summed E-state index contributed by atoms with van der Waals surface area (Å²) in [6.07, 6.45) is 0. The van der Waals surface area contributed by atoms with Gasteiger partial charge in [-0.15, -0.1) is 0 Å². The molecule has 1 atom stereocenters. The average molecular weight is 327 g/mol. The number of hydrogen-bond donors (Lipinski definition) is 2. The van der Waals surface area contributed by atoms with Crippen LogP contribution in [0.4, 0.5) is 10.1 Å². The van der Waals surface area contributed by atoms with Crippen molar-refractivity contribution in [3.8, 4) is 0 Å². The van der Waals surface area contributed by atoms with Gasteiger partial charge in [0.05, 0.1) is 26.5 Å². The van der Waals surface area contributed by atoms with E-state index in [4.69, 9.17) is 23.1 Å². The zero-order chi connectivity index (χ0) is 15.6. The Morgan fingerprint density at radius 2 is 1.95 bits per heavy atom. The number of anilines is 1. The van der Waals surface area contributed by atoms with Crippen molar-refractivity contribution in [2.24, 2.45) is 5.73 Å². The van der Waals surface area contributed by atoms with E-state index in [1.165, 1.54) is 24.3 Å². The highest BCUT2D eigenvalue weighted by Crippen LogP contribution is 2.25. The zero-order valence-electron chi connectivity index (χ0n) is 10.8. The SMILES string of the molecule is NC(=O)c1ccc(CS(=O)c2cc(N)ccc2Cl)c(F)c1. The molecule has 0 fully saturated rings. The lowest BCUT2D eigenvalue weighted by atomic mass is 10.1. The fourth-order valence-electron chi connectivity index (χ4n) is 1.73. The van der Waals surface area contributed by atoms with Gasteiger partial charge in [-0.05, 0) is 30.3 Å². The molecule has 0 bridgehead atoms. The first-order valence-corrected chi connectivity index (χ1v) is 7.60. The Hall–Kier alpha value is -1.92. The summed E-state index contributed by atoms with van der Waals surface area (Å²) in [6.45, 7) is 0. The summed E-state index contributed by atoms with van der Waals surface area (Å²) in [5.74, 6) is -1.44. The van der Waals surface area contributed by atoms with E-state index in [0.29, 0.717) is 15.6 Å². The molecule has 1 unspecified atom stereocenters. The van der Waals surface area contributed by atoms with Crippen LogP contribution in [0.3, 0.4) is 0 Å². The van der Waals surface area contributed by atoms with Crippen LogP contribution in [0.1, 0.15) is 15.9 Å². The monoisotopic (exact) mass is 326 g/mol. The van der Waals surface area contributed by atoms with Crippen LogP contribution in [0.25, 0.3) is 0 Å². The number of halogens is 2. The normalized spacial score (nSPS) is 12.1. The molecule has 0 saturated heterocycles. The van der Waals surface area contributed by atoms with Gasteiger partial charge in [-0.2, -0.15) is 0 Å². The number of rotatable bonds is 4. The van der Waals surface area contributed by atoms with Crippen molar-refractivity contribution in [1.29, 1.82) is 0 Å². The highest BCUT2D eigenvalue weighted by molar-refractivity contribution is 7.84. The molecule has 7 heteroatoms. The first-order chi connectivity index (χ1) is 9.88. The third-order valence-electron chi connectivity index (χ3n) is 2.82. The Morgan fingerprint density at radius 1 is 1.24 bits per heavy atom. The molecule has 0 spiro atoms. The lowest BCUT2D eigenvalue weighted by molar-refractivity contribution is 0.1000. The van der Waals surface area contributed by atoms with Crippen molar-refractivity contribution >= 4 is 34.0 Å². The van der Waals surface area contributed by atoms with E-state index >= 15 is 0 Å². The summed E-state index contributed by atoms with van der Waals surface area (Å²) >= 11 is 5.96. The Bertz CT molecular complexity index is 737. The quantitative estimate of drug-likeness (QED) is 0.846. The second kappa shape index (κ2) is 6.24. The maximum atomic E-state index is 13.9. The molecule has 110 valence electrons. The Morgan fingerprint density at radius 3 is 2.57 bits per heavy atom. The molecule has 0 saturated carbocycles. The summed E-state index contributed by atoms with van der Waals surface area (Å²) in [5.41, 5.74) is 11.4. The number of amides is 1. The maximum Gasteiger partial charge on any atom is 0.248 e. The van der Waals surface area contributed by atoms with Gasteiger partial charge in [0.2, 0.25) is 5.91 Å². The molecule has 2 rings (SSSR count). The summed E-state index contributed by atoms with van der Waals surface area (Å²) in [7, 11) is -1.55. The smallest absolute Gasteiger partial charge is 0.248 e. The van der Waals surface area contributed by atoms with Gasteiger partial charge in [0.25, 0.3) is 0 Å². The largest absolute Gasteiger partial charge is 0.399 e. The van der Waals surface area contributed by atoms with Gasteiger partial charge in [0.1, 0.15) is 5.82 Å². The van der Waals surface area contributed by atoms with Crippen molar-refractivity contribution in [3.05, 3.63) is 58.4 Å². The molecule has 0 heterocycles. The highest BCUT2D eigenvalue weighted by Gasteiger charge is 2.14. The summed E-state index contributed by atoms with van der Waals surface area (Å²) in [4.78, 5) is 11.3. The van der Waals surface area contributed by atoms with Crippen molar-refractivity contribution < 1.29 is 13.4 Å². The molecular weight excluding hydrogens is 315 g/mol. The summed E-state index contributed by atoms with van der Waals surface area (Å²) in [5, 5.41) is 0.302. The van der Waals surface area contributed by atoms with Crippen molar-refractivity contribution in [1.82, 2.24) is 0 Å². The second-order valence-corrected chi connectivity index (χ2v) is 6.18. The van der Waals surface area contributed by atoms with E-state index in [0.717, 1.165) is 6.07 Å². The molecule has 21 heavy (non-hydrogen) atoms. The number of nitrogen functional groups attached to an aromatic ring is 1. The lowest BCUT2D eigenvalue weighted by Gasteiger charge is -2.07. The average Bonchev–Trinajstić information content (AvgIpc) is 2.43. The van der Waals surface area contributed by atoms with E-state index in [9.17, 15) is 13.4 Å². The van der Waals surface area contributed by atoms with Gasteiger partial charge in [-0.3, -0.25) is 9.00 Å². The van der Waals surface area contributed by atoms with Crippen molar-refractivity contribution in [2.45, 2.75) is 10.6 Å². The first kappa shape index (κ1) is 15.5. The molecule has 4 N–H and O–H groups in total. The number of carbonyl (C=O) groups excluding carboxylic acids is 1. The van der Waals surface area contributed by atoms with Crippen LogP contribution in [-0.2, 0) is 16.6 Å². The van der Waals surface area contributed by atoms with Crippen LogP contribution >= 0.6 is 11.6 Å². The minimum atomic E-state index is -1.55. The minimum absolute atomic E-state index is 0.0593. The number of primary amides is 1. The van der Waals surface area contributed by atoms with Gasteiger partial charge < -0.3 is 11.5 Å². The first-order valence-electron chi connectivity index (χ1n) is 5.90. The minimum Gasteiger partial charge on any atom is -0.399 e. The van der Waals surface area contributed by atoms with Crippen LogP contribution in [0, 0.1) is 5.82 Å². The maximum absolute atomic E-state index is 13.9. The van der Waals surface area contributed by atoms with Crippen LogP contribution in [0.5, 0.6) is 0 Å². The van der Waals surface area contributed by atoms with Gasteiger partial charge >= 0.3 is 0 Å². The topological polar surface area (TPSA) is 86.2 Å². The third kappa shape index (κ3) is 3.59. The molecule has 0 aliphatic rings. The van der Waals surface area contributed by atoms with Gasteiger partial charge in [0, 0.05) is 16.8 Å². The Labute approximate surface area is 128 Å². The van der Waals surface area contributed by atoms with Gasteiger partial charge in [-0.25, -0.2) is 4.39 Å². The van der Waals surface area contributed by atoms with Gasteiger partial charge in [-0.1, -0.05) is 17.7 Å². The molecule has 4 nitrogen and oxygen atoms in total. The van der Waals surface area contributed by atoms with E-state index in [1.54, 1.807) is 6.07 Å². The van der Waals surface area contributed by atoms with Crippen LogP contribution in [0.15, 0.2) is 41.3 Å². The number of hydrogen-bond acceptors (Lipinski definition) is 3. The van der Waals surface area contributed by atoms with E-state index in [1.807, 2.05) is 0 Å². The molecule has 0 radical (unpaired) electrons. The molecule has 0 aromatic heterocycles. The summed E-state index contributed by atoms with van der Waals surface area (Å²) in [6, 6.07) is 8.42. The second-order valence-electron chi connectivity index (χ2n) is 4.35. The standard InChI is InChI=1S/C14H12ClFN2O2S/c15-11-4-3-10(17)6-13(11)21(20)7-9-2-1-8(14(18)19)5-12(9)16/h1-6H,7,17H2,(H2,18,19). The number of nitrogens with two attached hydrogens (primary N) is 2. The number of benzene rings is 2. The molecule has 2 aromatic rings. The highest BCUT2D eigenvalue weighted by atomic mass is 35.5. The van der Waals surface area contributed by atoms with Crippen LogP contribution in [-0.4, -0.2) is 10.1 Å². The third-order valence-corrected chi connectivity index (χ3v) is 4.67. The van der Waals surface area contributed by atoms with Gasteiger partial charge in [0.15, 0.2) is 0 Å². The predicted octanol–water partition coefficient (Wildman–Crippen LogP) is 2.47. The number of carbonyl (C=O) groups is 1. The van der Waals surface area contributed by atoms with Crippen LogP contribution in [0.2, 0.25) is 5.02 Å². The van der Waals surface area contributed by atoms with Crippen molar-refractivity contribution in [3.63, 3.8) is 0 Å². The van der Waals surface area contributed by atoms with E-state index < -0.39 is 22.5 Å². The molecule has 1 amide bonds. The predicted molar refractivity (Wildman–Crippen MR) is 80.9 cm³/mol. The van der Waals surface area contributed by atoms with E-state index in [-0.39, 0.29) is 16.9 Å².